The van der Waals surface area contributed by atoms with Crippen LogP contribution >= 0.6 is 23.1 Å². The molecule has 2 rings (SSSR count). The summed E-state index contributed by atoms with van der Waals surface area (Å²) in [7, 11) is 0. The normalized spacial score (nSPS) is 10.1. The van der Waals surface area contributed by atoms with E-state index in [4.69, 9.17) is 4.74 Å². The van der Waals surface area contributed by atoms with Gasteiger partial charge in [0.2, 0.25) is 16.9 Å². The third-order valence-electron chi connectivity index (χ3n) is 2.68. The van der Waals surface area contributed by atoms with Crippen LogP contribution in [0.5, 0.6) is 0 Å². The van der Waals surface area contributed by atoms with Gasteiger partial charge < -0.3 is 15.4 Å². The maximum atomic E-state index is 12.0. The van der Waals surface area contributed by atoms with Gasteiger partial charge in [-0.25, -0.2) is 4.79 Å². The largest absolute Gasteiger partial charge is 0.450 e. The number of rotatable bonds is 7. The number of hydrogen-bond acceptors (Lipinski definition) is 8. The molecule has 11 heteroatoms. The number of aromatic nitrogens is 2. The Kier molecular flexibility index (Phi) is 7.36. The molecule has 0 radical (unpaired) electrons. The van der Waals surface area contributed by atoms with E-state index in [0.717, 1.165) is 11.3 Å². The zero-order chi connectivity index (χ0) is 18.9. The van der Waals surface area contributed by atoms with Gasteiger partial charge in [0.15, 0.2) is 4.34 Å². The highest BCUT2D eigenvalue weighted by molar-refractivity contribution is 8.01. The zero-order valence-electron chi connectivity index (χ0n) is 14.1. The average molecular weight is 395 g/mol. The summed E-state index contributed by atoms with van der Waals surface area (Å²) in [6, 6.07) is 6.84. The van der Waals surface area contributed by atoms with Gasteiger partial charge in [-0.1, -0.05) is 29.2 Å². The van der Waals surface area contributed by atoms with E-state index in [1.807, 2.05) is 0 Å². The predicted molar refractivity (Wildman–Crippen MR) is 101 cm³/mol. The quantitative estimate of drug-likeness (QED) is 0.487. The molecule has 3 amide bonds. The van der Waals surface area contributed by atoms with Crippen molar-refractivity contribution in [1.29, 1.82) is 0 Å². The second-order valence-corrected chi connectivity index (χ2v) is 7.02. The third-order valence-corrected chi connectivity index (χ3v) is 4.66. The molecule has 0 saturated heterocycles. The summed E-state index contributed by atoms with van der Waals surface area (Å²) in [5, 5.41) is 15.8. The van der Waals surface area contributed by atoms with E-state index in [2.05, 4.69) is 26.1 Å². The van der Waals surface area contributed by atoms with Crippen molar-refractivity contribution in [3.8, 4) is 0 Å². The van der Waals surface area contributed by atoms with Crippen LogP contribution in [0.3, 0.4) is 0 Å². The Balaban J connectivity index is 1.83. The second kappa shape index (κ2) is 9.73. The van der Waals surface area contributed by atoms with Crippen molar-refractivity contribution in [2.45, 2.75) is 18.2 Å². The lowest BCUT2D eigenvalue weighted by Crippen LogP contribution is -2.14. The lowest BCUT2D eigenvalue weighted by Gasteiger charge is -2.07. The molecule has 0 spiro atoms. The van der Waals surface area contributed by atoms with Crippen LogP contribution in [0, 0.1) is 0 Å². The van der Waals surface area contributed by atoms with E-state index >= 15 is 0 Å². The minimum Gasteiger partial charge on any atom is -0.450 e. The minimum absolute atomic E-state index is 0.123. The fourth-order valence-corrected chi connectivity index (χ4v) is 3.31. The fourth-order valence-electron chi connectivity index (χ4n) is 1.78. The number of benzene rings is 1. The van der Waals surface area contributed by atoms with E-state index in [9.17, 15) is 14.4 Å². The molecule has 138 valence electrons. The van der Waals surface area contributed by atoms with Crippen molar-refractivity contribution in [3.05, 3.63) is 24.3 Å². The van der Waals surface area contributed by atoms with Gasteiger partial charge >= 0.3 is 6.09 Å². The summed E-state index contributed by atoms with van der Waals surface area (Å²) in [5.41, 5.74) is 1.17. The second-order valence-electron chi connectivity index (χ2n) is 4.82. The molecular formula is C15H17N5O4S2. The molecule has 26 heavy (non-hydrogen) atoms. The van der Waals surface area contributed by atoms with Crippen molar-refractivity contribution < 1.29 is 19.1 Å². The van der Waals surface area contributed by atoms with Crippen LogP contribution < -0.4 is 16.0 Å². The molecule has 0 aliphatic rings. The molecule has 3 N–H and O–H groups in total. The van der Waals surface area contributed by atoms with Crippen LogP contribution in [0.4, 0.5) is 21.3 Å². The molecule has 1 heterocycles. The minimum atomic E-state index is -0.600. The Morgan fingerprint density at radius 1 is 1.15 bits per heavy atom. The van der Waals surface area contributed by atoms with Gasteiger partial charge in [-0.2, -0.15) is 0 Å². The van der Waals surface area contributed by atoms with E-state index < -0.39 is 6.09 Å². The number of nitrogens with one attached hydrogen (secondary N) is 3. The highest BCUT2D eigenvalue weighted by Gasteiger charge is 2.11. The number of thioether (sulfide) groups is 1. The Hall–Kier alpha value is -2.66. The topological polar surface area (TPSA) is 122 Å². The summed E-state index contributed by atoms with van der Waals surface area (Å²) in [6.45, 7) is 3.37. The molecule has 0 saturated carbocycles. The Bertz CT molecular complexity index is 796. The van der Waals surface area contributed by atoms with Crippen LogP contribution in [0.15, 0.2) is 28.6 Å². The van der Waals surface area contributed by atoms with E-state index in [1.165, 1.54) is 18.7 Å². The highest BCUT2D eigenvalue weighted by atomic mass is 32.2. The molecule has 0 aliphatic heterocycles. The van der Waals surface area contributed by atoms with E-state index in [0.29, 0.717) is 20.8 Å². The molecule has 0 fully saturated rings. The first-order valence-corrected chi connectivity index (χ1v) is 9.34. The van der Waals surface area contributed by atoms with Crippen LogP contribution in [-0.2, 0) is 14.3 Å². The molecule has 2 aromatic rings. The van der Waals surface area contributed by atoms with Crippen molar-refractivity contribution in [1.82, 2.24) is 10.2 Å². The molecule has 9 nitrogen and oxygen atoms in total. The van der Waals surface area contributed by atoms with Crippen LogP contribution in [0.25, 0.3) is 0 Å². The van der Waals surface area contributed by atoms with Crippen molar-refractivity contribution in [3.63, 3.8) is 0 Å². The number of carbonyl (C=O) groups is 3. The third kappa shape index (κ3) is 6.69. The van der Waals surface area contributed by atoms with Gasteiger partial charge in [0.05, 0.1) is 12.4 Å². The van der Waals surface area contributed by atoms with Crippen LogP contribution in [0.2, 0.25) is 0 Å². The lowest BCUT2D eigenvalue weighted by atomic mass is 10.2. The number of carbonyl (C=O) groups excluding carboxylic acids is 3. The molecule has 0 bridgehead atoms. The van der Waals surface area contributed by atoms with Gasteiger partial charge in [0.1, 0.15) is 0 Å². The average Bonchev–Trinajstić information content (AvgIpc) is 3.00. The fraction of sp³-hybridized carbons (Fsp3) is 0.267. The predicted octanol–water partition coefficient (Wildman–Crippen LogP) is 2.80. The number of amides is 3. The highest BCUT2D eigenvalue weighted by Crippen LogP contribution is 2.25. The molecule has 1 aromatic carbocycles. The van der Waals surface area contributed by atoms with Crippen LogP contribution in [-0.4, -0.2) is 40.5 Å². The number of anilines is 3. The molecular weight excluding hydrogens is 378 g/mol. The summed E-state index contributed by atoms with van der Waals surface area (Å²) in [5.74, 6) is -0.295. The molecule has 0 atom stereocenters. The van der Waals surface area contributed by atoms with Crippen molar-refractivity contribution >= 4 is 57.5 Å². The first-order valence-electron chi connectivity index (χ1n) is 7.54. The summed E-state index contributed by atoms with van der Waals surface area (Å²) in [6.07, 6.45) is -0.600. The summed E-state index contributed by atoms with van der Waals surface area (Å²) < 4.78 is 5.29. The zero-order valence-corrected chi connectivity index (χ0v) is 15.7. The van der Waals surface area contributed by atoms with Gasteiger partial charge in [0, 0.05) is 18.3 Å². The van der Waals surface area contributed by atoms with Gasteiger partial charge in [0.25, 0.3) is 0 Å². The standard InChI is InChI=1S/C15H17N5O4S2/c1-3-24-14(23)18-13-19-20-15(26-13)25-8-12(22)17-11-6-4-5-10(7-11)16-9(2)21/h4-7H,3,8H2,1-2H3,(H,16,21)(H,17,22)(H,18,19,23). The molecule has 0 unspecified atom stereocenters. The molecule has 0 aliphatic carbocycles. The Morgan fingerprint density at radius 2 is 1.88 bits per heavy atom. The van der Waals surface area contributed by atoms with E-state index in [-0.39, 0.29) is 24.2 Å². The Morgan fingerprint density at radius 3 is 2.58 bits per heavy atom. The SMILES string of the molecule is CCOC(=O)Nc1nnc(SCC(=O)Nc2cccc(NC(C)=O)c2)s1. The maximum absolute atomic E-state index is 12.0. The van der Waals surface area contributed by atoms with E-state index in [1.54, 1.807) is 31.2 Å². The smallest absolute Gasteiger partial charge is 0.413 e. The first kappa shape index (κ1) is 19.7. The van der Waals surface area contributed by atoms with Gasteiger partial charge in [-0.15, -0.1) is 10.2 Å². The number of nitrogens with zero attached hydrogens (tertiary/aromatic N) is 2. The molecule has 1 aromatic heterocycles. The lowest BCUT2D eigenvalue weighted by molar-refractivity contribution is -0.114. The summed E-state index contributed by atoms with van der Waals surface area (Å²) in [4.78, 5) is 34.4. The maximum Gasteiger partial charge on any atom is 0.413 e. The Labute approximate surface area is 157 Å². The van der Waals surface area contributed by atoms with Crippen LogP contribution in [0.1, 0.15) is 13.8 Å². The number of hydrogen-bond donors (Lipinski definition) is 3. The monoisotopic (exact) mass is 395 g/mol. The summed E-state index contributed by atoms with van der Waals surface area (Å²) >= 11 is 2.34. The van der Waals surface area contributed by atoms with Crippen molar-refractivity contribution in [2.24, 2.45) is 0 Å². The van der Waals surface area contributed by atoms with Crippen molar-refractivity contribution in [2.75, 3.05) is 28.3 Å². The number of ether oxygens (including phenoxy) is 1. The van der Waals surface area contributed by atoms with Gasteiger partial charge in [-0.05, 0) is 25.1 Å². The first-order chi connectivity index (χ1) is 12.5. The van der Waals surface area contributed by atoms with Gasteiger partial charge in [-0.3, -0.25) is 14.9 Å².